The molecule has 0 aliphatic rings. The first-order valence-electron chi connectivity index (χ1n) is 6.88. The molecule has 0 unspecified atom stereocenters. The lowest BCUT2D eigenvalue weighted by Crippen LogP contribution is -1.95. The van der Waals surface area contributed by atoms with Gasteiger partial charge in [-0.2, -0.15) is 0 Å². The summed E-state index contributed by atoms with van der Waals surface area (Å²) in [5.74, 6) is -1.76. The second-order valence-corrected chi connectivity index (χ2v) is 4.47. The number of aliphatic hydroxyl groups is 2. The normalized spacial score (nSPS) is 11.6. The largest absolute Gasteiger partial charge is 0.478 e. The van der Waals surface area contributed by atoms with E-state index < -0.39 is 11.9 Å². The first-order chi connectivity index (χ1) is 9.86. The Balaban J connectivity index is 0. The fraction of sp³-hybridized carbons (Fsp3) is 0.600. The molecule has 21 heavy (non-hydrogen) atoms. The molecule has 6 heteroatoms. The third-order valence-corrected chi connectivity index (χ3v) is 2.55. The molecule has 122 valence electrons. The molecule has 0 heterocycles. The van der Waals surface area contributed by atoms with E-state index in [0.29, 0.717) is 24.0 Å². The van der Waals surface area contributed by atoms with Crippen molar-refractivity contribution in [1.29, 1.82) is 0 Å². The van der Waals surface area contributed by atoms with Crippen LogP contribution >= 0.6 is 0 Å². The van der Waals surface area contributed by atoms with E-state index in [9.17, 15) is 9.59 Å². The van der Waals surface area contributed by atoms with Crippen LogP contribution in [-0.4, -0.2) is 45.6 Å². The van der Waals surface area contributed by atoms with Gasteiger partial charge < -0.3 is 20.4 Å². The Bertz CT molecular complexity index is 357. The lowest BCUT2D eigenvalue weighted by molar-refractivity contribution is -0.133. The molecule has 0 rings (SSSR count). The van der Waals surface area contributed by atoms with Crippen molar-refractivity contribution in [1.82, 2.24) is 0 Å². The lowest BCUT2D eigenvalue weighted by Gasteiger charge is -1.93. The Kier molecular flexibility index (Phi) is 15.2. The Labute approximate surface area is 125 Å². The van der Waals surface area contributed by atoms with E-state index in [0.717, 1.165) is 19.3 Å². The number of hydrogen-bond donors (Lipinski definition) is 4. The van der Waals surface area contributed by atoms with E-state index in [1.807, 2.05) is 0 Å². The van der Waals surface area contributed by atoms with Gasteiger partial charge in [-0.15, -0.1) is 0 Å². The maximum absolute atomic E-state index is 10.2. The van der Waals surface area contributed by atoms with Crippen molar-refractivity contribution in [2.45, 2.75) is 46.0 Å². The van der Waals surface area contributed by atoms with Crippen LogP contribution in [0.4, 0.5) is 0 Å². The highest BCUT2D eigenvalue weighted by atomic mass is 16.4. The van der Waals surface area contributed by atoms with Crippen molar-refractivity contribution in [2.24, 2.45) is 0 Å². The fourth-order valence-corrected chi connectivity index (χ4v) is 1.16. The average Bonchev–Trinajstić information content (AvgIpc) is 2.44. The first-order valence-corrected chi connectivity index (χ1v) is 6.88. The zero-order valence-corrected chi connectivity index (χ0v) is 12.7. The smallest absolute Gasteiger partial charge is 0.330 e. The third kappa shape index (κ3) is 16.3. The quantitative estimate of drug-likeness (QED) is 0.382. The van der Waals surface area contributed by atoms with Gasteiger partial charge in [-0.3, -0.25) is 0 Å². The molecule has 0 saturated heterocycles. The van der Waals surface area contributed by atoms with E-state index >= 15 is 0 Å². The predicted octanol–water partition coefficient (Wildman–Crippen LogP) is 1.97. The second-order valence-electron chi connectivity index (χ2n) is 4.47. The average molecular weight is 302 g/mol. The number of aliphatic carboxylic acids is 2. The Morgan fingerprint density at radius 1 is 0.762 bits per heavy atom. The van der Waals surface area contributed by atoms with Crippen molar-refractivity contribution >= 4 is 11.9 Å². The van der Waals surface area contributed by atoms with Crippen LogP contribution in [0.3, 0.4) is 0 Å². The van der Waals surface area contributed by atoms with Crippen molar-refractivity contribution in [3.05, 3.63) is 23.3 Å². The number of carboxylic acids is 2. The van der Waals surface area contributed by atoms with E-state index in [2.05, 4.69) is 0 Å². The highest BCUT2D eigenvalue weighted by Gasteiger charge is 1.97. The number of hydrogen-bond acceptors (Lipinski definition) is 4. The van der Waals surface area contributed by atoms with Gasteiger partial charge in [0.25, 0.3) is 0 Å². The van der Waals surface area contributed by atoms with Gasteiger partial charge in [0.1, 0.15) is 0 Å². The lowest BCUT2D eigenvalue weighted by atomic mass is 10.2. The van der Waals surface area contributed by atoms with Gasteiger partial charge in [0, 0.05) is 24.4 Å². The molecule has 0 aromatic rings. The molecule has 0 spiro atoms. The Hall–Kier alpha value is -1.66. The highest BCUT2D eigenvalue weighted by molar-refractivity contribution is 5.86. The maximum Gasteiger partial charge on any atom is 0.330 e. The summed E-state index contributed by atoms with van der Waals surface area (Å²) in [6.45, 7) is 3.41. The van der Waals surface area contributed by atoms with E-state index in [1.54, 1.807) is 26.0 Å². The molecule has 0 amide bonds. The summed E-state index contributed by atoms with van der Waals surface area (Å²) in [6, 6.07) is 0. The summed E-state index contributed by atoms with van der Waals surface area (Å²) in [5.41, 5.74) is 0.719. The monoisotopic (exact) mass is 302 g/mol. The van der Waals surface area contributed by atoms with Crippen molar-refractivity contribution in [3.8, 4) is 0 Å². The first kappa shape index (κ1) is 21.6. The van der Waals surface area contributed by atoms with Gasteiger partial charge in [-0.25, -0.2) is 9.59 Å². The molecular formula is C15H26O6. The van der Waals surface area contributed by atoms with Gasteiger partial charge in [0.15, 0.2) is 0 Å². The summed E-state index contributed by atoms with van der Waals surface area (Å²) < 4.78 is 0. The molecule has 0 atom stereocenters. The molecule has 0 radical (unpaired) electrons. The summed E-state index contributed by atoms with van der Waals surface area (Å²) >= 11 is 0. The molecule has 0 bridgehead atoms. The van der Waals surface area contributed by atoms with Crippen molar-refractivity contribution in [3.63, 3.8) is 0 Å². The van der Waals surface area contributed by atoms with Crippen LogP contribution in [0, 0.1) is 0 Å². The van der Waals surface area contributed by atoms with Crippen LogP contribution in [0.25, 0.3) is 0 Å². The molecule has 0 saturated carbocycles. The van der Waals surface area contributed by atoms with Crippen molar-refractivity contribution < 1.29 is 30.0 Å². The topological polar surface area (TPSA) is 115 Å². The summed E-state index contributed by atoms with van der Waals surface area (Å²) in [4.78, 5) is 20.4. The summed E-state index contributed by atoms with van der Waals surface area (Å²) in [6.07, 6.45) is 6.87. The highest BCUT2D eigenvalue weighted by Crippen LogP contribution is 2.00. The molecule has 0 aromatic carbocycles. The molecule has 0 aliphatic heterocycles. The van der Waals surface area contributed by atoms with Crippen LogP contribution in [0.5, 0.6) is 0 Å². The number of carbonyl (C=O) groups is 2. The number of unbranched alkanes of at least 4 members (excludes halogenated alkanes) is 3. The zero-order chi connectivity index (χ0) is 16.7. The second kappa shape index (κ2) is 14.7. The molecule has 4 N–H and O–H groups in total. The van der Waals surface area contributed by atoms with Crippen LogP contribution < -0.4 is 0 Å². The van der Waals surface area contributed by atoms with Gasteiger partial charge in [-0.05, 0) is 46.0 Å². The minimum Gasteiger partial charge on any atom is -0.478 e. The molecule has 0 aliphatic carbocycles. The summed E-state index contributed by atoms with van der Waals surface area (Å²) in [7, 11) is 0. The van der Waals surface area contributed by atoms with Gasteiger partial charge >= 0.3 is 11.9 Å². The SMILES string of the molecule is CC(=CCCCCO)C(=O)O.CC(=CCCCO)C(=O)O. The van der Waals surface area contributed by atoms with E-state index in [4.69, 9.17) is 20.4 Å². The standard InChI is InChI=1S/C8H14O3.C7H12O3/c1-7(8(10)11)5-3-2-4-6-9;1-6(7(9)10)4-2-3-5-8/h5,9H,2-4,6H2,1H3,(H,10,11);4,8H,2-3,5H2,1H3,(H,9,10). The molecule has 6 nitrogen and oxygen atoms in total. The van der Waals surface area contributed by atoms with Crippen LogP contribution in [0.15, 0.2) is 23.3 Å². The molecule has 0 aromatic heterocycles. The van der Waals surface area contributed by atoms with Crippen LogP contribution in [-0.2, 0) is 9.59 Å². The summed E-state index contributed by atoms with van der Waals surface area (Å²) in [5, 5.41) is 33.5. The Morgan fingerprint density at radius 2 is 1.14 bits per heavy atom. The number of rotatable bonds is 9. The van der Waals surface area contributed by atoms with Gasteiger partial charge in [0.05, 0.1) is 0 Å². The van der Waals surface area contributed by atoms with E-state index in [-0.39, 0.29) is 13.2 Å². The van der Waals surface area contributed by atoms with Gasteiger partial charge in [0.2, 0.25) is 0 Å². The molecular weight excluding hydrogens is 276 g/mol. The van der Waals surface area contributed by atoms with Crippen LogP contribution in [0.1, 0.15) is 46.0 Å². The van der Waals surface area contributed by atoms with Crippen molar-refractivity contribution in [2.75, 3.05) is 13.2 Å². The van der Waals surface area contributed by atoms with Gasteiger partial charge in [-0.1, -0.05) is 12.2 Å². The minimum absolute atomic E-state index is 0.114. The predicted molar refractivity (Wildman–Crippen MR) is 80.0 cm³/mol. The molecule has 0 fully saturated rings. The minimum atomic E-state index is -0.891. The third-order valence-electron chi connectivity index (χ3n) is 2.55. The zero-order valence-electron chi connectivity index (χ0n) is 12.7. The van der Waals surface area contributed by atoms with Crippen LogP contribution in [0.2, 0.25) is 0 Å². The fourth-order valence-electron chi connectivity index (χ4n) is 1.16. The number of carboxylic acid groups (broad SMARTS) is 2. The Morgan fingerprint density at radius 3 is 1.48 bits per heavy atom. The maximum atomic E-state index is 10.2. The number of aliphatic hydroxyl groups excluding tert-OH is 2. The van der Waals surface area contributed by atoms with E-state index in [1.165, 1.54) is 0 Å². The number of allylic oxidation sites excluding steroid dienone is 2.